The third-order valence-corrected chi connectivity index (χ3v) is 2.99. The summed E-state index contributed by atoms with van der Waals surface area (Å²) in [6.45, 7) is 0. The smallest absolute Gasteiger partial charge is 1.00 e. The first kappa shape index (κ1) is 19.4. The minimum absolute atomic E-state index is 0. The first-order valence-corrected chi connectivity index (χ1v) is 8.18. The summed E-state index contributed by atoms with van der Waals surface area (Å²) in [5, 5.41) is 0.205. The molecular weight excluding hydrogens is 353 g/mol. The van der Waals surface area contributed by atoms with Crippen LogP contribution in [0.1, 0.15) is 1.43 Å². The van der Waals surface area contributed by atoms with Crippen molar-refractivity contribution in [1.29, 1.82) is 0 Å². The molecule has 1 aromatic carbocycles. The number of rotatable bonds is 4. The molecule has 0 radical (unpaired) electrons. The molecule has 0 saturated heterocycles. The van der Waals surface area contributed by atoms with Crippen LogP contribution in [0, 0.1) is 0 Å². The summed E-state index contributed by atoms with van der Waals surface area (Å²) in [5.74, 6) is -1.48. The number of benzene rings is 1. The molecule has 1 heterocycles. The van der Waals surface area contributed by atoms with Crippen molar-refractivity contribution in [3.05, 3.63) is 34.7 Å². The third kappa shape index (κ3) is 5.20. The normalized spacial score (nSPS) is 11.8. The quantitative estimate of drug-likeness (QED) is 0.268. The molecule has 0 saturated carbocycles. The second-order valence-electron chi connectivity index (χ2n) is 3.73. The summed E-state index contributed by atoms with van der Waals surface area (Å²) < 4.78 is 35.1. The van der Waals surface area contributed by atoms with E-state index in [2.05, 4.69) is 9.05 Å². The molecule has 4 N–H and O–H groups in total. The van der Waals surface area contributed by atoms with Gasteiger partial charge in [0.2, 0.25) is 5.75 Å². The van der Waals surface area contributed by atoms with E-state index in [0.29, 0.717) is 0 Å². The molecule has 0 aliphatic heterocycles. The third-order valence-electron chi connectivity index (χ3n) is 2.14. The van der Waals surface area contributed by atoms with Crippen LogP contribution in [0.25, 0.3) is 11.0 Å². The summed E-state index contributed by atoms with van der Waals surface area (Å²) >= 11 is 0. The Labute approximate surface area is 145 Å². The van der Waals surface area contributed by atoms with E-state index in [-0.39, 0.29) is 36.4 Å². The van der Waals surface area contributed by atoms with Crippen LogP contribution >= 0.6 is 15.6 Å². The van der Waals surface area contributed by atoms with Crippen LogP contribution in [0.4, 0.5) is 0 Å². The van der Waals surface area contributed by atoms with Gasteiger partial charge in [0.1, 0.15) is 0 Å². The van der Waals surface area contributed by atoms with Gasteiger partial charge in [-0.05, 0) is 18.2 Å². The van der Waals surface area contributed by atoms with Crippen molar-refractivity contribution in [3.63, 3.8) is 0 Å². The van der Waals surface area contributed by atoms with Crippen LogP contribution in [0.3, 0.4) is 0 Å². The van der Waals surface area contributed by atoms with Crippen LogP contribution in [-0.2, 0) is 9.13 Å². The van der Waals surface area contributed by atoms with Gasteiger partial charge in [-0.3, -0.25) is 19.6 Å². The fourth-order valence-corrected chi connectivity index (χ4v) is 2.30. The molecule has 0 bridgehead atoms. The standard InChI is InChI=1S/C9H8O10P2.Na.H/c10-7-4-2-5-1-3-6(18-20(11,12)13)9(8(5)17-7)19-21(14,15)16;;/h1-4H,(H2,11,12,13)(H2,14,15,16);;/q;+1;-1. The average Bonchev–Trinajstić information content (AvgIpc) is 2.29. The van der Waals surface area contributed by atoms with Crippen molar-refractivity contribution in [1.82, 2.24) is 0 Å². The van der Waals surface area contributed by atoms with E-state index in [1.54, 1.807) is 0 Å². The molecule has 10 nitrogen and oxygen atoms in total. The zero-order valence-corrected chi connectivity index (χ0v) is 14.7. The van der Waals surface area contributed by atoms with Crippen molar-refractivity contribution >= 4 is 26.6 Å². The van der Waals surface area contributed by atoms with E-state index in [4.69, 9.17) is 24.0 Å². The van der Waals surface area contributed by atoms with Gasteiger partial charge in [-0.15, -0.1) is 0 Å². The van der Waals surface area contributed by atoms with Crippen molar-refractivity contribution in [2.75, 3.05) is 0 Å². The van der Waals surface area contributed by atoms with E-state index in [1.807, 2.05) is 0 Å². The molecule has 13 heteroatoms. The van der Waals surface area contributed by atoms with E-state index in [9.17, 15) is 13.9 Å². The fourth-order valence-electron chi connectivity index (χ4n) is 1.49. The van der Waals surface area contributed by atoms with Gasteiger partial charge < -0.3 is 14.9 Å². The zero-order chi connectivity index (χ0) is 15.8. The van der Waals surface area contributed by atoms with Crippen LogP contribution in [-0.4, -0.2) is 19.6 Å². The number of phosphoric acid groups is 2. The van der Waals surface area contributed by atoms with Crippen LogP contribution < -0.4 is 44.2 Å². The molecule has 116 valence electrons. The van der Waals surface area contributed by atoms with E-state index < -0.39 is 38.4 Å². The van der Waals surface area contributed by atoms with Crippen molar-refractivity contribution in [2.45, 2.75) is 0 Å². The van der Waals surface area contributed by atoms with Crippen molar-refractivity contribution < 1.29 is 73.2 Å². The second kappa shape index (κ2) is 6.84. The molecule has 2 rings (SSSR count). The molecule has 0 spiro atoms. The summed E-state index contributed by atoms with van der Waals surface area (Å²) in [5.41, 5.74) is -1.27. The Balaban J connectivity index is 0.00000242. The van der Waals surface area contributed by atoms with Crippen LogP contribution in [0.5, 0.6) is 11.5 Å². The first-order chi connectivity index (χ1) is 9.55. The van der Waals surface area contributed by atoms with E-state index >= 15 is 0 Å². The largest absolute Gasteiger partial charge is 1.00 e. The van der Waals surface area contributed by atoms with Crippen LogP contribution in [0.15, 0.2) is 33.5 Å². The van der Waals surface area contributed by atoms with E-state index in [0.717, 1.165) is 12.1 Å². The maximum atomic E-state index is 11.2. The molecule has 0 unspecified atom stereocenters. The molecule has 0 aliphatic rings. The summed E-state index contributed by atoms with van der Waals surface area (Å²) in [6, 6.07) is 4.59. The maximum absolute atomic E-state index is 11.2. The molecule has 0 fully saturated rings. The second-order valence-corrected chi connectivity index (χ2v) is 6.06. The molecule has 1 aromatic heterocycles. The molecule has 22 heavy (non-hydrogen) atoms. The van der Waals surface area contributed by atoms with Gasteiger partial charge in [-0.2, -0.15) is 0 Å². The number of hydrogen-bond donors (Lipinski definition) is 4. The monoisotopic (exact) mass is 362 g/mol. The Morgan fingerprint density at radius 1 is 0.955 bits per heavy atom. The number of fused-ring (bicyclic) bond motifs is 1. The Bertz CT molecular complexity index is 840. The molecule has 0 atom stereocenters. The Morgan fingerprint density at radius 2 is 1.50 bits per heavy atom. The average molecular weight is 362 g/mol. The van der Waals surface area contributed by atoms with Gasteiger partial charge in [-0.1, -0.05) is 0 Å². The van der Waals surface area contributed by atoms with Gasteiger partial charge >= 0.3 is 50.8 Å². The molecule has 0 amide bonds. The Hall–Kier alpha value is -0.670. The topological polar surface area (TPSA) is 164 Å². The Morgan fingerprint density at radius 3 is 2.05 bits per heavy atom. The van der Waals surface area contributed by atoms with Gasteiger partial charge in [0, 0.05) is 11.5 Å². The predicted octanol–water partition coefficient (Wildman–Crippen LogP) is -2.15. The molecular formula is C9H9NaO10P2. The minimum atomic E-state index is -5.09. The van der Waals surface area contributed by atoms with Crippen molar-refractivity contribution in [2.24, 2.45) is 0 Å². The van der Waals surface area contributed by atoms with Crippen molar-refractivity contribution in [3.8, 4) is 11.5 Å². The maximum Gasteiger partial charge on any atom is 1.00 e. The molecule has 0 aliphatic carbocycles. The number of phosphoric ester groups is 2. The van der Waals surface area contributed by atoms with Crippen LogP contribution in [0.2, 0.25) is 0 Å². The van der Waals surface area contributed by atoms with E-state index in [1.165, 1.54) is 12.1 Å². The molecule has 2 aromatic rings. The Kier molecular flexibility index (Phi) is 6.02. The summed E-state index contributed by atoms with van der Waals surface area (Å²) in [4.78, 5) is 46.4. The van der Waals surface area contributed by atoms with Gasteiger partial charge in [0.15, 0.2) is 11.3 Å². The zero-order valence-electron chi connectivity index (χ0n) is 11.9. The van der Waals surface area contributed by atoms with Gasteiger partial charge in [0.05, 0.1) is 0 Å². The van der Waals surface area contributed by atoms with Gasteiger partial charge in [-0.25, -0.2) is 13.9 Å². The minimum Gasteiger partial charge on any atom is -1.00 e. The first-order valence-electron chi connectivity index (χ1n) is 5.12. The summed E-state index contributed by atoms with van der Waals surface area (Å²) in [7, 11) is -10.1. The summed E-state index contributed by atoms with van der Waals surface area (Å²) in [6.07, 6.45) is 0. The predicted molar refractivity (Wildman–Crippen MR) is 68.9 cm³/mol. The van der Waals surface area contributed by atoms with Gasteiger partial charge in [0.25, 0.3) is 0 Å². The number of hydrogen-bond acceptors (Lipinski definition) is 6. The SMILES string of the molecule is O=c1ccc2ccc(OP(=O)(O)O)c(OP(=O)(O)O)c2o1.[H-].[Na+]. The fraction of sp³-hybridized carbons (Fsp3) is 0.